The van der Waals surface area contributed by atoms with Gasteiger partial charge in [-0.25, -0.2) is 4.39 Å². The van der Waals surface area contributed by atoms with Gasteiger partial charge in [-0.3, -0.25) is 14.2 Å². The van der Waals surface area contributed by atoms with E-state index in [0.717, 1.165) is 0 Å². The predicted molar refractivity (Wildman–Crippen MR) is 86.3 cm³/mol. The number of thiophene rings is 1. The van der Waals surface area contributed by atoms with Crippen molar-refractivity contribution in [3.63, 3.8) is 0 Å². The number of pyridine rings is 1. The van der Waals surface area contributed by atoms with Crippen LogP contribution < -0.4 is 5.73 Å². The summed E-state index contributed by atoms with van der Waals surface area (Å²) in [5.74, 6) is 0.139. The Morgan fingerprint density at radius 2 is 2.29 bits per heavy atom. The Bertz CT molecular complexity index is 719. The van der Waals surface area contributed by atoms with E-state index in [-0.39, 0.29) is 17.4 Å². The highest BCUT2D eigenvalue weighted by Gasteiger charge is 2.34. The summed E-state index contributed by atoms with van der Waals surface area (Å²) in [6.07, 6.45) is 1.63. The van der Waals surface area contributed by atoms with Crippen LogP contribution in [0.1, 0.15) is 21.9 Å². The van der Waals surface area contributed by atoms with Gasteiger partial charge in [-0.1, -0.05) is 6.07 Å². The van der Waals surface area contributed by atoms with Crippen molar-refractivity contribution in [3.05, 3.63) is 50.6 Å². The third-order valence-electron chi connectivity index (χ3n) is 3.10. The summed E-state index contributed by atoms with van der Waals surface area (Å²) in [6, 6.07) is 6.26. The van der Waals surface area contributed by atoms with Crippen molar-refractivity contribution < 1.29 is 8.60 Å². The molecular weight excluding hydrogens is 377 g/mol. The molecule has 0 saturated carbocycles. The number of hydrogen-bond donors (Lipinski definition) is 1. The minimum Gasteiger partial charge on any atom is -0.386 e. The summed E-state index contributed by atoms with van der Waals surface area (Å²) in [5, 5.41) is -0.520. The lowest BCUT2D eigenvalue weighted by molar-refractivity contribution is 0.601. The normalized spacial score (nSPS) is 25.6. The molecule has 4 nitrogen and oxygen atoms in total. The van der Waals surface area contributed by atoms with Crippen molar-refractivity contribution in [2.75, 3.05) is 5.75 Å². The van der Waals surface area contributed by atoms with Crippen LogP contribution in [0.2, 0.25) is 0 Å². The zero-order valence-corrected chi connectivity index (χ0v) is 13.9. The second-order valence-electron chi connectivity index (χ2n) is 4.51. The van der Waals surface area contributed by atoms with Crippen molar-refractivity contribution in [2.24, 2.45) is 10.7 Å². The van der Waals surface area contributed by atoms with E-state index >= 15 is 0 Å². The Labute approximate surface area is 135 Å². The van der Waals surface area contributed by atoms with Crippen LogP contribution in [0.3, 0.4) is 0 Å². The van der Waals surface area contributed by atoms with Gasteiger partial charge in [0, 0.05) is 17.0 Å². The zero-order chi connectivity index (χ0) is 15.0. The third-order valence-corrected chi connectivity index (χ3v) is 6.47. The van der Waals surface area contributed by atoms with Crippen molar-refractivity contribution in [1.29, 1.82) is 0 Å². The van der Waals surface area contributed by atoms with E-state index in [1.807, 2.05) is 6.07 Å². The molecule has 3 heterocycles. The molecule has 1 aliphatic rings. The van der Waals surface area contributed by atoms with E-state index in [9.17, 15) is 8.60 Å². The quantitative estimate of drug-likeness (QED) is 0.860. The molecule has 0 aromatic carbocycles. The first-order valence-corrected chi connectivity index (χ1v) is 9.11. The molecule has 0 aliphatic carbocycles. The maximum absolute atomic E-state index is 13.8. The number of aromatic nitrogens is 1. The lowest BCUT2D eigenvalue weighted by Crippen LogP contribution is -2.33. The second-order valence-corrected chi connectivity index (χ2v) is 8.54. The second kappa shape index (κ2) is 5.94. The summed E-state index contributed by atoms with van der Waals surface area (Å²) in [7, 11) is -1.28. The van der Waals surface area contributed by atoms with Crippen LogP contribution in [0, 0.1) is 5.82 Å². The van der Waals surface area contributed by atoms with Crippen molar-refractivity contribution in [3.8, 4) is 0 Å². The van der Waals surface area contributed by atoms with Crippen molar-refractivity contribution >= 4 is 43.9 Å². The summed E-state index contributed by atoms with van der Waals surface area (Å²) in [6.45, 7) is 0. The van der Waals surface area contributed by atoms with Gasteiger partial charge in [-0.15, -0.1) is 11.3 Å². The van der Waals surface area contributed by atoms with E-state index in [2.05, 4.69) is 25.9 Å². The molecule has 0 spiro atoms. The SMILES string of the molecule is NC1=NC(c2sc(Br)cc2F)CS(=O)C1c1ccccn1. The van der Waals surface area contributed by atoms with Gasteiger partial charge in [0.1, 0.15) is 22.9 Å². The summed E-state index contributed by atoms with van der Waals surface area (Å²) in [5.41, 5.74) is 6.60. The lowest BCUT2D eigenvalue weighted by atomic mass is 10.2. The van der Waals surface area contributed by atoms with Crippen LogP contribution in [0.5, 0.6) is 0 Å². The molecular formula is C13H11BrFN3OS2. The minimum atomic E-state index is -1.28. The topological polar surface area (TPSA) is 68.3 Å². The largest absolute Gasteiger partial charge is 0.386 e. The van der Waals surface area contributed by atoms with Gasteiger partial charge in [-0.2, -0.15) is 0 Å². The van der Waals surface area contributed by atoms with E-state index in [0.29, 0.717) is 14.4 Å². The van der Waals surface area contributed by atoms with Gasteiger partial charge in [0.15, 0.2) is 0 Å². The van der Waals surface area contributed by atoms with Crippen LogP contribution in [-0.4, -0.2) is 20.8 Å². The molecule has 2 aromatic heterocycles. The lowest BCUT2D eigenvalue weighted by Gasteiger charge is -2.24. The molecule has 3 atom stereocenters. The molecule has 3 rings (SSSR count). The first kappa shape index (κ1) is 14.8. The van der Waals surface area contributed by atoms with Gasteiger partial charge in [-0.05, 0) is 34.1 Å². The van der Waals surface area contributed by atoms with Crippen LogP contribution in [0.4, 0.5) is 4.39 Å². The Morgan fingerprint density at radius 3 is 2.86 bits per heavy atom. The van der Waals surface area contributed by atoms with Crippen LogP contribution in [0.15, 0.2) is 39.2 Å². The van der Waals surface area contributed by atoms with E-state index in [1.54, 1.807) is 18.3 Å². The minimum absolute atomic E-state index is 0.242. The summed E-state index contributed by atoms with van der Waals surface area (Å²) >= 11 is 4.49. The molecule has 0 amide bonds. The molecule has 0 radical (unpaired) electrons. The molecule has 2 N–H and O–H groups in total. The number of halogens is 2. The fourth-order valence-corrected chi connectivity index (χ4v) is 5.32. The fraction of sp³-hybridized carbons (Fsp3) is 0.231. The highest BCUT2D eigenvalue weighted by molar-refractivity contribution is 9.11. The molecule has 0 fully saturated rings. The molecule has 0 saturated heterocycles. The maximum atomic E-state index is 13.8. The van der Waals surface area contributed by atoms with Gasteiger partial charge < -0.3 is 5.73 Å². The number of aliphatic imine (C=N–C) groups is 1. The highest BCUT2D eigenvalue weighted by Crippen LogP contribution is 2.37. The summed E-state index contributed by atoms with van der Waals surface area (Å²) < 4.78 is 27.0. The average Bonchev–Trinajstić information content (AvgIpc) is 2.78. The molecule has 21 heavy (non-hydrogen) atoms. The molecule has 1 aliphatic heterocycles. The number of nitrogens with two attached hydrogens (primary N) is 1. The van der Waals surface area contributed by atoms with E-state index < -0.39 is 22.1 Å². The third kappa shape index (κ3) is 2.93. The number of rotatable bonds is 2. The van der Waals surface area contributed by atoms with Gasteiger partial charge in [0.25, 0.3) is 0 Å². The molecule has 0 bridgehead atoms. The Hall–Kier alpha value is -1.12. The predicted octanol–water partition coefficient (Wildman–Crippen LogP) is 2.95. The molecule has 8 heteroatoms. The summed E-state index contributed by atoms with van der Waals surface area (Å²) in [4.78, 5) is 8.99. The van der Waals surface area contributed by atoms with Gasteiger partial charge in [0.2, 0.25) is 0 Å². The smallest absolute Gasteiger partial charge is 0.140 e. The number of amidine groups is 1. The molecule has 2 aromatic rings. The maximum Gasteiger partial charge on any atom is 0.140 e. The van der Waals surface area contributed by atoms with Crippen LogP contribution >= 0.6 is 27.3 Å². The number of hydrogen-bond acceptors (Lipinski definition) is 5. The van der Waals surface area contributed by atoms with Crippen LogP contribution in [-0.2, 0) is 10.8 Å². The molecule has 3 unspecified atom stereocenters. The first-order chi connectivity index (χ1) is 10.1. The van der Waals surface area contributed by atoms with Gasteiger partial charge in [0.05, 0.1) is 20.1 Å². The monoisotopic (exact) mass is 387 g/mol. The number of nitrogens with zero attached hydrogens (tertiary/aromatic N) is 2. The molecule has 110 valence electrons. The average molecular weight is 388 g/mol. The zero-order valence-electron chi connectivity index (χ0n) is 10.7. The first-order valence-electron chi connectivity index (χ1n) is 6.12. The van der Waals surface area contributed by atoms with Crippen molar-refractivity contribution in [1.82, 2.24) is 4.98 Å². The van der Waals surface area contributed by atoms with Crippen molar-refractivity contribution in [2.45, 2.75) is 11.3 Å². The Morgan fingerprint density at radius 1 is 1.48 bits per heavy atom. The highest BCUT2D eigenvalue weighted by atomic mass is 79.9. The van der Waals surface area contributed by atoms with Gasteiger partial charge >= 0.3 is 0 Å². The van der Waals surface area contributed by atoms with Crippen LogP contribution in [0.25, 0.3) is 0 Å². The van der Waals surface area contributed by atoms with E-state index in [1.165, 1.54) is 17.4 Å². The standard InChI is InChI=1S/C13H11BrFN3OS2/c14-10-5-7(15)11(20-10)9-6-21(19)12(13(16)18-9)8-3-1-2-4-17-8/h1-5,9,12H,6H2,(H2,16,18). The fourth-order valence-electron chi connectivity index (χ4n) is 2.20. The van der Waals surface area contributed by atoms with E-state index in [4.69, 9.17) is 5.73 Å². The Kier molecular flexibility index (Phi) is 4.19. The Balaban J connectivity index is 1.96.